The molecule has 82 valence electrons. The fourth-order valence-corrected chi connectivity index (χ4v) is 2.24. The molecule has 0 saturated carbocycles. The van der Waals surface area contributed by atoms with E-state index in [1.807, 2.05) is 26.0 Å². The number of hydrogen-bond donors (Lipinski definition) is 0. The van der Waals surface area contributed by atoms with Crippen molar-refractivity contribution >= 4 is 0 Å². The molecule has 0 amide bonds. The Morgan fingerprint density at radius 1 is 1.56 bits per heavy atom. The molecule has 16 heavy (non-hydrogen) atoms. The van der Waals surface area contributed by atoms with Gasteiger partial charge >= 0.3 is 0 Å². The van der Waals surface area contributed by atoms with Crippen molar-refractivity contribution in [2.45, 2.75) is 19.8 Å². The van der Waals surface area contributed by atoms with Gasteiger partial charge in [-0.25, -0.2) is 0 Å². The van der Waals surface area contributed by atoms with Gasteiger partial charge in [0.15, 0.2) is 0 Å². The third-order valence-electron chi connectivity index (χ3n) is 3.20. The number of hydrogen-bond acceptors (Lipinski definition) is 1. The Labute approximate surface area is 97.1 Å². The second-order valence-corrected chi connectivity index (χ2v) is 4.40. The smallest absolute Gasteiger partial charge is 0.126 e. The Balaban J connectivity index is 2.50. The SMILES string of the molecule is C#C[C@@H]1c2cccc(C)c2OC[C@H]1C(=C)C. The van der Waals surface area contributed by atoms with Crippen LogP contribution in [0.1, 0.15) is 24.0 Å². The molecule has 1 aliphatic heterocycles. The van der Waals surface area contributed by atoms with Crippen LogP contribution in [-0.4, -0.2) is 6.61 Å². The highest BCUT2D eigenvalue weighted by Crippen LogP contribution is 2.40. The van der Waals surface area contributed by atoms with Gasteiger partial charge in [-0.2, -0.15) is 0 Å². The van der Waals surface area contributed by atoms with Gasteiger partial charge in [0.1, 0.15) is 5.75 Å². The quantitative estimate of drug-likeness (QED) is 0.512. The minimum absolute atomic E-state index is 0.0983. The predicted octanol–water partition coefficient (Wildman–Crippen LogP) is 3.30. The first kappa shape index (κ1) is 10.8. The highest BCUT2D eigenvalue weighted by molar-refractivity contribution is 5.48. The number of para-hydroxylation sites is 1. The summed E-state index contributed by atoms with van der Waals surface area (Å²) in [5, 5.41) is 0. The molecule has 1 heterocycles. The van der Waals surface area contributed by atoms with Crippen molar-refractivity contribution in [3.05, 3.63) is 41.5 Å². The van der Waals surface area contributed by atoms with Gasteiger partial charge < -0.3 is 4.74 Å². The third-order valence-corrected chi connectivity index (χ3v) is 3.20. The van der Waals surface area contributed by atoms with Crippen molar-refractivity contribution in [2.24, 2.45) is 5.92 Å². The molecule has 2 rings (SSSR count). The number of fused-ring (bicyclic) bond motifs is 1. The summed E-state index contributed by atoms with van der Waals surface area (Å²) in [5.41, 5.74) is 3.37. The zero-order chi connectivity index (χ0) is 11.7. The Morgan fingerprint density at radius 2 is 2.31 bits per heavy atom. The molecule has 1 aliphatic rings. The van der Waals surface area contributed by atoms with Gasteiger partial charge in [-0.15, -0.1) is 6.42 Å². The Morgan fingerprint density at radius 3 is 2.94 bits per heavy atom. The first-order valence-electron chi connectivity index (χ1n) is 5.49. The Hall–Kier alpha value is -1.68. The second kappa shape index (κ2) is 4.06. The van der Waals surface area contributed by atoms with Crippen LogP contribution in [0.25, 0.3) is 0 Å². The van der Waals surface area contributed by atoms with E-state index in [1.54, 1.807) is 0 Å². The largest absolute Gasteiger partial charge is 0.492 e. The molecule has 0 bridgehead atoms. The Kier molecular flexibility index (Phi) is 2.75. The lowest BCUT2D eigenvalue weighted by Gasteiger charge is -2.31. The van der Waals surface area contributed by atoms with Crippen molar-refractivity contribution in [3.63, 3.8) is 0 Å². The summed E-state index contributed by atoms with van der Waals surface area (Å²) in [6.45, 7) is 8.70. The minimum Gasteiger partial charge on any atom is -0.492 e. The second-order valence-electron chi connectivity index (χ2n) is 4.40. The number of aryl methyl sites for hydroxylation is 1. The molecular weight excluding hydrogens is 196 g/mol. The number of rotatable bonds is 1. The Bertz CT molecular complexity index is 465. The molecule has 0 spiro atoms. The van der Waals surface area contributed by atoms with Crippen LogP contribution >= 0.6 is 0 Å². The zero-order valence-corrected chi connectivity index (χ0v) is 9.79. The van der Waals surface area contributed by atoms with Crippen LogP contribution in [-0.2, 0) is 0 Å². The monoisotopic (exact) mass is 212 g/mol. The number of terminal acetylenes is 1. The van der Waals surface area contributed by atoms with Gasteiger partial charge in [0, 0.05) is 11.5 Å². The summed E-state index contributed by atoms with van der Waals surface area (Å²) < 4.78 is 5.80. The van der Waals surface area contributed by atoms with Gasteiger partial charge in [-0.05, 0) is 19.4 Å². The summed E-state index contributed by atoms with van der Waals surface area (Å²) in [6, 6.07) is 6.14. The molecule has 0 radical (unpaired) electrons. The van der Waals surface area contributed by atoms with Crippen molar-refractivity contribution in [3.8, 4) is 18.1 Å². The normalized spacial score (nSPS) is 22.8. The molecule has 1 aromatic carbocycles. The van der Waals surface area contributed by atoms with Crippen LogP contribution in [0.4, 0.5) is 0 Å². The first-order chi connectivity index (χ1) is 7.65. The van der Waals surface area contributed by atoms with E-state index in [1.165, 1.54) is 0 Å². The highest BCUT2D eigenvalue weighted by atomic mass is 16.5. The zero-order valence-electron chi connectivity index (χ0n) is 9.79. The maximum Gasteiger partial charge on any atom is 0.126 e. The van der Waals surface area contributed by atoms with E-state index in [0.717, 1.165) is 22.4 Å². The maximum absolute atomic E-state index is 5.80. The highest BCUT2D eigenvalue weighted by Gasteiger charge is 2.30. The molecule has 1 heteroatoms. The van der Waals surface area contributed by atoms with E-state index in [4.69, 9.17) is 11.2 Å². The van der Waals surface area contributed by atoms with E-state index in [9.17, 15) is 0 Å². The molecule has 0 unspecified atom stereocenters. The standard InChI is InChI=1S/C15H16O/c1-5-12-13-8-6-7-11(4)15(13)16-9-14(12)10(2)3/h1,6-8,12,14H,2,9H2,3-4H3/t12-,14+/m1/s1. The van der Waals surface area contributed by atoms with Crippen molar-refractivity contribution < 1.29 is 4.74 Å². The topological polar surface area (TPSA) is 9.23 Å². The summed E-state index contributed by atoms with van der Waals surface area (Å²) in [7, 11) is 0. The van der Waals surface area contributed by atoms with Gasteiger partial charge in [-0.3, -0.25) is 0 Å². The lowest BCUT2D eigenvalue weighted by atomic mass is 9.80. The lowest BCUT2D eigenvalue weighted by molar-refractivity contribution is 0.231. The lowest BCUT2D eigenvalue weighted by Crippen LogP contribution is -2.26. The molecule has 1 nitrogen and oxygen atoms in total. The van der Waals surface area contributed by atoms with Crippen LogP contribution in [0.15, 0.2) is 30.4 Å². The molecule has 0 aromatic heterocycles. The minimum atomic E-state index is 0.0983. The molecule has 0 N–H and O–H groups in total. The predicted molar refractivity (Wildman–Crippen MR) is 66.6 cm³/mol. The van der Waals surface area contributed by atoms with Crippen molar-refractivity contribution in [1.29, 1.82) is 0 Å². The van der Waals surface area contributed by atoms with E-state index in [0.29, 0.717) is 6.61 Å². The summed E-state index contributed by atoms with van der Waals surface area (Å²) in [4.78, 5) is 0. The van der Waals surface area contributed by atoms with E-state index in [-0.39, 0.29) is 11.8 Å². The van der Waals surface area contributed by atoms with Crippen LogP contribution in [0.5, 0.6) is 5.75 Å². The molecule has 2 atom stereocenters. The first-order valence-corrected chi connectivity index (χ1v) is 5.49. The van der Waals surface area contributed by atoms with E-state index in [2.05, 4.69) is 18.6 Å². The van der Waals surface area contributed by atoms with Crippen molar-refractivity contribution in [2.75, 3.05) is 6.61 Å². The molecule has 1 aromatic rings. The van der Waals surface area contributed by atoms with Crippen LogP contribution in [0.2, 0.25) is 0 Å². The van der Waals surface area contributed by atoms with E-state index < -0.39 is 0 Å². The van der Waals surface area contributed by atoms with Crippen molar-refractivity contribution in [1.82, 2.24) is 0 Å². The number of ether oxygens (including phenoxy) is 1. The van der Waals surface area contributed by atoms with Gasteiger partial charge in [0.2, 0.25) is 0 Å². The molecular formula is C15H16O. The average Bonchev–Trinajstić information content (AvgIpc) is 2.27. The van der Waals surface area contributed by atoms with Gasteiger partial charge in [-0.1, -0.05) is 36.3 Å². The fraction of sp³-hybridized carbons (Fsp3) is 0.333. The third kappa shape index (κ3) is 1.61. The molecule has 0 saturated heterocycles. The molecule has 0 aliphatic carbocycles. The summed E-state index contributed by atoms with van der Waals surface area (Å²) in [6.07, 6.45) is 5.65. The van der Waals surface area contributed by atoms with E-state index >= 15 is 0 Å². The van der Waals surface area contributed by atoms with Crippen LogP contribution in [0.3, 0.4) is 0 Å². The number of benzene rings is 1. The van der Waals surface area contributed by atoms with Crippen LogP contribution < -0.4 is 4.74 Å². The fourth-order valence-electron chi connectivity index (χ4n) is 2.24. The summed E-state index contributed by atoms with van der Waals surface area (Å²) in [5.74, 6) is 4.17. The maximum atomic E-state index is 5.80. The van der Waals surface area contributed by atoms with Gasteiger partial charge in [0.25, 0.3) is 0 Å². The van der Waals surface area contributed by atoms with Gasteiger partial charge in [0.05, 0.1) is 12.5 Å². The van der Waals surface area contributed by atoms with Crippen LogP contribution in [0, 0.1) is 25.2 Å². The average molecular weight is 212 g/mol. The summed E-state index contributed by atoms with van der Waals surface area (Å²) >= 11 is 0. The molecule has 0 fully saturated rings.